The molecule has 0 saturated carbocycles. The van der Waals surface area contributed by atoms with Crippen molar-refractivity contribution in [2.75, 3.05) is 6.16 Å². The van der Waals surface area contributed by atoms with Crippen molar-refractivity contribution in [3.63, 3.8) is 0 Å². The van der Waals surface area contributed by atoms with Crippen LogP contribution in [0.25, 0.3) is 0 Å². The zero-order chi connectivity index (χ0) is 10.6. The van der Waals surface area contributed by atoms with Crippen LogP contribution in [0.1, 0.15) is 26.3 Å². The quantitative estimate of drug-likeness (QED) is 0.691. The molecule has 1 rings (SSSR count). The first-order valence-electron chi connectivity index (χ1n) is 4.99. The van der Waals surface area contributed by atoms with Gasteiger partial charge in [-0.15, -0.1) is 0 Å². The van der Waals surface area contributed by atoms with Gasteiger partial charge < -0.3 is 0 Å². The maximum Gasteiger partial charge on any atom is 0.344 e. The standard InChI is InChI=1S/C12H18OP/c1-12(2,3)14(13)10-9-11-7-5-4-6-8-11/h4-8H,9-10H2,1-3H3/q+1. The maximum absolute atomic E-state index is 11.8. The Bertz CT molecular complexity index is 298. The van der Waals surface area contributed by atoms with Crippen molar-refractivity contribution in [1.82, 2.24) is 0 Å². The summed E-state index contributed by atoms with van der Waals surface area (Å²) in [4.78, 5) is 0. The van der Waals surface area contributed by atoms with Crippen molar-refractivity contribution in [1.29, 1.82) is 0 Å². The third kappa shape index (κ3) is 3.59. The van der Waals surface area contributed by atoms with Gasteiger partial charge in [-0.2, -0.15) is 0 Å². The average molecular weight is 209 g/mol. The predicted octanol–water partition coefficient (Wildman–Crippen LogP) is 3.86. The van der Waals surface area contributed by atoms with Gasteiger partial charge in [-0.25, -0.2) is 0 Å². The summed E-state index contributed by atoms with van der Waals surface area (Å²) in [5.41, 5.74) is 1.28. The molecule has 0 aliphatic heterocycles. The fourth-order valence-corrected chi connectivity index (χ4v) is 2.34. The topological polar surface area (TPSA) is 17.1 Å². The van der Waals surface area contributed by atoms with Gasteiger partial charge in [0.15, 0.2) is 11.3 Å². The molecule has 14 heavy (non-hydrogen) atoms. The molecule has 0 aromatic heterocycles. The molecule has 0 radical (unpaired) electrons. The third-order valence-electron chi connectivity index (χ3n) is 2.19. The summed E-state index contributed by atoms with van der Waals surface area (Å²) in [6.45, 7) is 6.12. The lowest BCUT2D eigenvalue weighted by atomic mass is 10.2. The highest BCUT2D eigenvalue weighted by Crippen LogP contribution is 2.38. The Balaban J connectivity index is 2.46. The van der Waals surface area contributed by atoms with Crippen molar-refractivity contribution in [3.05, 3.63) is 35.9 Å². The first-order chi connectivity index (χ1) is 6.50. The molecule has 1 atom stereocenters. The fourth-order valence-electron chi connectivity index (χ4n) is 1.21. The van der Waals surface area contributed by atoms with Crippen LogP contribution in [-0.2, 0) is 11.0 Å². The molecule has 1 unspecified atom stereocenters. The van der Waals surface area contributed by atoms with E-state index in [1.165, 1.54) is 5.56 Å². The lowest BCUT2D eigenvalue weighted by molar-refractivity contribution is 0.564. The molecule has 1 aromatic rings. The number of rotatable bonds is 3. The molecule has 1 nitrogen and oxygen atoms in total. The van der Waals surface area contributed by atoms with E-state index in [0.29, 0.717) is 0 Å². The number of aryl methyl sites for hydroxylation is 1. The molecule has 0 saturated heterocycles. The van der Waals surface area contributed by atoms with Gasteiger partial charge in [0.05, 0.1) is 0 Å². The summed E-state index contributed by atoms with van der Waals surface area (Å²) in [5.74, 6) is 0. The Morgan fingerprint density at radius 3 is 2.21 bits per heavy atom. The first-order valence-corrected chi connectivity index (χ1v) is 6.43. The van der Waals surface area contributed by atoms with Crippen LogP contribution in [0.15, 0.2) is 30.3 Å². The summed E-state index contributed by atoms with van der Waals surface area (Å²) < 4.78 is 11.8. The minimum absolute atomic E-state index is 0.0515. The summed E-state index contributed by atoms with van der Waals surface area (Å²) >= 11 is 0. The van der Waals surface area contributed by atoms with Gasteiger partial charge in [0.1, 0.15) is 0 Å². The lowest BCUT2D eigenvalue weighted by Crippen LogP contribution is -2.09. The van der Waals surface area contributed by atoms with E-state index in [1.54, 1.807) is 0 Å². The van der Waals surface area contributed by atoms with Gasteiger partial charge in [0.25, 0.3) is 0 Å². The molecule has 0 bridgehead atoms. The molecule has 0 aliphatic rings. The first kappa shape index (κ1) is 11.4. The summed E-state index contributed by atoms with van der Waals surface area (Å²) in [5, 5.41) is -0.0515. The van der Waals surface area contributed by atoms with Crippen LogP contribution in [0.2, 0.25) is 0 Å². The Morgan fingerprint density at radius 2 is 1.71 bits per heavy atom. The minimum atomic E-state index is -1.10. The summed E-state index contributed by atoms with van der Waals surface area (Å²) in [7, 11) is -1.10. The van der Waals surface area contributed by atoms with E-state index in [0.717, 1.165) is 12.6 Å². The minimum Gasteiger partial charge on any atom is -0.0742 e. The van der Waals surface area contributed by atoms with Crippen molar-refractivity contribution < 1.29 is 4.57 Å². The second kappa shape index (κ2) is 4.70. The average Bonchev–Trinajstić information content (AvgIpc) is 2.14. The van der Waals surface area contributed by atoms with Crippen LogP contribution >= 0.6 is 7.80 Å². The Morgan fingerprint density at radius 1 is 1.14 bits per heavy atom. The van der Waals surface area contributed by atoms with Crippen LogP contribution in [0.4, 0.5) is 0 Å². The highest BCUT2D eigenvalue weighted by atomic mass is 31.1. The number of benzene rings is 1. The van der Waals surface area contributed by atoms with E-state index < -0.39 is 7.80 Å². The molecule has 0 spiro atoms. The highest BCUT2D eigenvalue weighted by molar-refractivity contribution is 7.46. The van der Waals surface area contributed by atoms with E-state index in [9.17, 15) is 4.57 Å². The third-order valence-corrected chi connectivity index (χ3v) is 4.32. The van der Waals surface area contributed by atoms with Crippen LogP contribution in [0.3, 0.4) is 0 Å². The van der Waals surface area contributed by atoms with Crippen molar-refractivity contribution >= 4 is 7.80 Å². The van der Waals surface area contributed by atoms with Gasteiger partial charge in [-0.1, -0.05) is 34.9 Å². The largest absolute Gasteiger partial charge is 0.344 e. The molecule has 0 amide bonds. The van der Waals surface area contributed by atoms with Crippen molar-refractivity contribution in [3.8, 4) is 0 Å². The zero-order valence-electron chi connectivity index (χ0n) is 9.16. The van der Waals surface area contributed by atoms with E-state index >= 15 is 0 Å². The van der Waals surface area contributed by atoms with E-state index in [4.69, 9.17) is 0 Å². The smallest absolute Gasteiger partial charge is 0.0742 e. The lowest BCUT2D eigenvalue weighted by Gasteiger charge is -2.04. The molecule has 0 fully saturated rings. The Kier molecular flexibility index (Phi) is 3.83. The second-order valence-corrected chi connectivity index (χ2v) is 7.05. The van der Waals surface area contributed by atoms with Gasteiger partial charge in [0.2, 0.25) is 0 Å². The second-order valence-electron chi connectivity index (χ2n) is 4.51. The number of hydrogen-bond donors (Lipinski definition) is 0. The maximum atomic E-state index is 11.8. The molecule has 0 aliphatic carbocycles. The molecule has 0 N–H and O–H groups in total. The summed E-state index contributed by atoms with van der Waals surface area (Å²) in [6.07, 6.45) is 1.72. The number of hydrogen-bond acceptors (Lipinski definition) is 1. The summed E-state index contributed by atoms with van der Waals surface area (Å²) in [6, 6.07) is 10.2. The normalized spacial score (nSPS) is 12.6. The van der Waals surface area contributed by atoms with Crippen molar-refractivity contribution in [2.24, 2.45) is 0 Å². The van der Waals surface area contributed by atoms with Crippen molar-refractivity contribution in [2.45, 2.75) is 32.3 Å². The predicted molar refractivity (Wildman–Crippen MR) is 62.4 cm³/mol. The van der Waals surface area contributed by atoms with Crippen LogP contribution in [-0.4, -0.2) is 11.3 Å². The molecular formula is C12H18OP+. The Hall–Kier alpha value is -0.680. The van der Waals surface area contributed by atoms with Gasteiger partial charge in [-0.05, 0) is 26.3 Å². The molecule has 0 heterocycles. The molecular weight excluding hydrogens is 191 g/mol. The molecule has 1 aromatic carbocycles. The van der Waals surface area contributed by atoms with Gasteiger partial charge in [-0.3, -0.25) is 0 Å². The van der Waals surface area contributed by atoms with Crippen LogP contribution in [0.5, 0.6) is 0 Å². The molecule has 2 heteroatoms. The monoisotopic (exact) mass is 209 g/mol. The highest BCUT2D eigenvalue weighted by Gasteiger charge is 2.33. The van der Waals surface area contributed by atoms with Crippen LogP contribution in [0, 0.1) is 0 Å². The van der Waals surface area contributed by atoms with E-state index in [2.05, 4.69) is 12.1 Å². The fraction of sp³-hybridized carbons (Fsp3) is 0.500. The SMILES string of the molecule is CC(C)(C)[P+](=O)CCc1ccccc1. The van der Waals surface area contributed by atoms with Crippen LogP contribution < -0.4 is 0 Å². The van der Waals surface area contributed by atoms with Gasteiger partial charge in [0, 0.05) is 6.42 Å². The zero-order valence-corrected chi connectivity index (χ0v) is 10.1. The van der Waals surface area contributed by atoms with Gasteiger partial charge >= 0.3 is 7.80 Å². The Labute approximate surface area is 87.3 Å². The molecule has 76 valence electrons. The van der Waals surface area contributed by atoms with E-state index in [1.807, 2.05) is 39.0 Å². The van der Waals surface area contributed by atoms with E-state index in [-0.39, 0.29) is 5.16 Å².